The second-order valence-electron chi connectivity index (χ2n) is 4.35. The summed E-state index contributed by atoms with van der Waals surface area (Å²) in [5.74, 6) is -0.738. The zero-order valence-corrected chi connectivity index (χ0v) is 14.2. The van der Waals surface area contributed by atoms with Gasteiger partial charge in [-0.05, 0) is 17.7 Å². The van der Waals surface area contributed by atoms with E-state index in [0.29, 0.717) is 5.16 Å². The predicted octanol–water partition coefficient (Wildman–Crippen LogP) is 2.06. The van der Waals surface area contributed by atoms with Gasteiger partial charge in [0.05, 0.1) is 24.8 Å². The SMILES string of the molecule is COC(=O)Cn1c(-c2ccc(Br)cc2)cnc1SCC(N)=O. The molecule has 1 aromatic heterocycles. The van der Waals surface area contributed by atoms with Gasteiger partial charge >= 0.3 is 5.97 Å². The number of primary amides is 1. The van der Waals surface area contributed by atoms with Gasteiger partial charge in [0.25, 0.3) is 0 Å². The Morgan fingerprint density at radius 3 is 2.64 bits per heavy atom. The normalized spacial score (nSPS) is 10.5. The fourth-order valence-corrected chi connectivity index (χ4v) is 2.79. The lowest BCUT2D eigenvalue weighted by atomic mass is 10.2. The minimum Gasteiger partial charge on any atom is -0.468 e. The molecule has 0 saturated carbocycles. The van der Waals surface area contributed by atoms with E-state index in [1.165, 1.54) is 18.9 Å². The van der Waals surface area contributed by atoms with E-state index in [2.05, 4.69) is 20.9 Å². The maximum atomic E-state index is 11.6. The summed E-state index contributed by atoms with van der Waals surface area (Å²) < 4.78 is 7.39. The number of nitrogens with two attached hydrogens (primary N) is 1. The molecule has 1 aromatic carbocycles. The van der Waals surface area contributed by atoms with Crippen molar-refractivity contribution in [1.29, 1.82) is 0 Å². The maximum absolute atomic E-state index is 11.6. The molecule has 0 aliphatic heterocycles. The third-order valence-electron chi connectivity index (χ3n) is 2.82. The molecule has 0 spiro atoms. The first-order valence-corrected chi connectivity index (χ1v) is 8.08. The smallest absolute Gasteiger partial charge is 0.325 e. The molecule has 116 valence electrons. The minimum absolute atomic E-state index is 0.0169. The number of hydrogen-bond donors (Lipinski definition) is 1. The highest BCUT2D eigenvalue weighted by Gasteiger charge is 2.16. The molecule has 1 heterocycles. The number of benzene rings is 1. The molecule has 2 N–H and O–H groups in total. The van der Waals surface area contributed by atoms with Crippen LogP contribution in [0.3, 0.4) is 0 Å². The number of rotatable bonds is 6. The highest BCUT2D eigenvalue weighted by molar-refractivity contribution is 9.10. The van der Waals surface area contributed by atoms with Crippen molar-refractivity contribution in [3.8, 4) is 11.3 Å². The molecule has 0 aliphatic rings. The number of aromatic nitrogens is 2. The summed E-state index contributed by atoms with van der Waals surface area (Å²) in [6.45, 7) is 0.0169. The van der Waals surface area contributed by atoms with E-state index in [-0.39, 0.29) is 12.3 Å². The topological polar surface area (TPSA) is 87.2 Å². The van der Waals surface area contributed by atoms with Crippen molar-refractivity contribution in [1.82, 2.24) is 9.55 Å². The van der Waals surface area contributed by atoms with Crippen molar-refractivity contribution in [2.45, 2.75) is 11.7 Å². The molecular weight excluding hydrogens is 370 g/mol. The number of halogens is 1. The van der Waals surface area contributed by atoms with Crippen molar-refractivity contribution in [2.75, 3.05) is 12.9 Å². The molecule has 0 atom stereocenters. The van der Waals surface area contributed by atoms with E-state index >= 15 is 0 Å². The largest absolute Gasteiger partial charge is 0.468 e. The van der Waals surface area contributed by atoms with Crippen molar-refractivity contribution < 1.29 is 14.3 Å². The number of carbonyl (C=O) groups excluding carboxylic acids is 2. The van der Waals surface area contributed by atoms with Crippen LogP contribution in [0.5, 0.6) is 0 Å². The van der Waals surface area contributed by atoms with Crippen molar-refractivity contribution in [3.05, 3.63) is 34.9 Å². The third-order valence-corrected chi connectivity index (χ3v) is 4.36. The number of nitrogens with zero attached hydrogens (tertiary/aromatic N) is 2. The number of thioether (sulfide) groups is 1. The van der Waals surface area contributed by atoms with Gasteiger partial charge in [-0.15, -0.1) is 0 Å². The van der Waals surface area contributed by atoms with Crippen LogP contribution in [0.25, 0.3) is 11.3 Å². The number of carbonyl (C=O) groups is 2. The van der Waals surface area contributed by atoms with Gasteiger partial charge in [-0.3, -0.25) is 9.59 Å². The Kier molecular flexibility index (Phi) is 5.62. The van der Waals surface area contributed by atoms with Gasteiger partial charge in [-0.25, -0.2) is 4.98 Å². The van der Waals surface area contributed by atoms with Crippen LogP contribution in [0, 0.1) is 0 Å². The van der Waals surface area contributed by atoms with Gasteiger partial charge in [0.1, 0.15) is 6.54 Å². The molecule has 22 heavy (non-hydrogen) atoms. The van der Waals surface area contributed by atoms with Gasteiger partial charge in [-0.1, -0.05) is 39.8 Å². The molecule has 0 radical (unpaired) electrons. The predicted molar refractivity (Wildman–Crippen MR) is 87.3 cm³/mol. The number of methoxy groups -OCH3 is 1. The molecule has 0 unspecified atom stereocenters. The van der Waals surface area contributed by atoms with Crippen LogP contribution in [-0.4, -0.2) is 34.3 Å². The second-order valence-corrected chi connectivity index (χ2v) is 6.21. The zero-order chi connectivity index (χ0) is 16.1. The molecule has 1 amide bonds. The van der Waals surface area contributed by atoms with Crippen LogP contribution in [0.15, 0.2) is 40.1 Å². The number of amides is 1. The molecule has 0 aliphatic carbocycles. The zero-order valence-electron chi connectivity index (χ0n) is 11.8. The van der Waals surface area contributed by atoms with E-state index in [0.717, 1.165) is 15.7 Å². The molecule has 6 nitrogen and oxygen atoms in total. The lowest BCUT2D eigenvalue weighted by Crippen LogP contribution is -2.16. The number of imidazole rings is 1. The first kappa shape index (κ1) is 16.6. The summed E-state index contributed by atoms with van der Waals surface area (Å²) >= 11 is 4.57. The fourth-order valence-electron chi connectivity index (χ4n) is 1.81. The summed E-state index contributed by atoms with van der Waals surface area (Å²) in [7, 11) is 1.33. The lowest BCUT2D eigenvalue weighted by Gasteiger charge is -2.10. The summed E-state index contributed by atoms with van der Waals surface area (Å²) in [4.78, 5) is 26.8. The van der Waals surface area contributed by atoms with Gasteiger partial charge in [-0.2, -0.15) is 0 Å². The van der Waals surface area contributed by atoms with Crippen molar-refractivity contribution in [2.24, 2.45) is 5.73 Å². The highest BCUT2D eigenvalue weighted by atomic mass is 79.9. The summed E-state index contributed by atoms with van der Waals surface area (Å²) in [5, 5.41) is 0.544. The number of ether oxygens (including phenoxy) is 1. The maximum Gasteiger partial charge on any atom is 0.325 e. The van der Waals surface area contributed by atoms with Crippen LogP contribution in [0.1, 0.15) is 0 Å². The van der Waals surface area contributed by atoms with E-state index in [4.69, 9.17) is 10.5 Å². The summed E-state index contributed by atoms with van der Waals surface area (Å²) in [6, 6.07) is 7.64. The van der Waals surface area contributed by atoms with Crippen molar-refractivity contribution >= 4 is 39.6 Å². The number of esters is 1. The molecule has 0 bridgehead atoms. The first-order valence-electron chi connectivity index (χ1n) is 6.30. The molecule has 8 heteroatoms. The van der Waals surface area contributed by atoms with Crippen LogP contribution < -0.4 is 5.73 Å². The Labute approximate surface area is 140 Å². The monoisotopic (exact) mass is 383 g/mol. The summed E-state index contributed by atoms with van der Waals surface area (Å²) in [6.07, 6.45) is 1.66. The van der Waals surface area contributed by atoms with Gasteiger partial charge in [0, 0.05) is 4.47 Å². The Hall–Kier alpha value is -1.80. The second kappa shape index (κ2) is 7.46. The van der Waals surface area contributed by atoms with Crippen LogP contribution in [-0.2, 0) is 20.9 Å². The Morgan fingerprint density at radius 2 is 2.05 bits per heavy atom. The van der Waals surface area contributed by atoms with Gasteiger partial charge in [0.15, 0.2) is 5.16 Å². The fraction of sp³-hybridized carbons (Fsp3) is 0.214. The molecule has 2 rings (SSSR count). The van der Waals surface area contributed by atoms with E-state index in [1.807, 2.05) is 24.3 Å². The lowest BCUT2D eigenvalue weighted by molar-refractivity contribution is -0.141. The molecular formula is C14H14BrN3O3S. The molecule has 2 aromatic rings. The molecule has 0 saturated heterocycles. The van der Waals surface area contributed by atoms with Gasteiger partial charge in [0.2, 0.25) is 5.91 Å². The summed E-state index contributed by atoms with van der Waals surface area (Å²) in [5.41, 5.74) is 6.84. The van der Waals surface area contributed by atoms with Crippen LogP contribution in [0.4, 0.5) is 0 Å². The first-order chi connectivity index (χ1) is 10.5. The van der Waals surface area contributed by atoms with E-state index < -0.39 is 11.9 Å². The van der Waals surface area contributed by atoms with Gasteiger partial charge < -0.3 is 15.0 Å². The highest BCUT2D eigenvalue weighted by Crippen LogP contribution is 2.27. The Morgan fingerprint density at radius 1 is 1.36 bits per heavy atom. The van der Waals surface area contributed by atoms with E-state index in [9.17, 15) is 9.59 Å². The Balaban J connectivity index is 2.37. The van der Waals surface area contributed by atoms with E-state index in [1.54, 1.807) is 10.8 Å². The van der Waals surface area contributed by atoms with Crippen LogP contribution in [0.2, 0.25) is 0 Å². The van der Waals surface area contributed by atoms with Crippen molar-refractivity contribution in [3.63, 3.8) is 0 Å². The molecule has 0 fully saturated rings. The minimum atomic E-state index is -0.442. The quantitative estimate of drug-likeness (QED) is 0.609. The average molecular weight is 384 g/mol. The van der Waals surface area contributed by atoms with Crippen LogP contribution >= 0.6 is 27.7 Å². The number of hydrogen-bond acceptors (Lipinski definition) is 5. The third kappa shape index (κ3) is 4.11. The Bertz CT molecular complexity index is 685. The standard InChI is InChI=1S/C14H14BrN3O3S/c1-21-13(20)7-18-11(9-2-4-10(15)5-3-9)6-17-14(18)22-8-12(16)19/h2-6H,7-8H2,1H3,(H2,16,19). The average Bonchev–Trinajstić information content (AvgIpc) is 2.88.